The number of rotatable bonds is 5. The van der Waals surface area contributed by atoms with Crippen molar-refractivity contribution < 1.29 is 0 Å². The van der Waals surface area contributed by atoms with Gasteiger partial charge in [-0.3, -0.25) is 0 Å². The van der Waals surface area contributed by atoms with Gasteiger partial charge in [-0.2, -0.15) is 0 Å². The predicted molar refractivity (Wildman–Crippen MR) is 85.9 cm³/mol. The Hall–Kier alpha value is -0.710. The molecule has 0 saturated carbocycles. The molecule has 0 aliphatic rings. The van der Waals surface area contributed by atoms with E-state index in [-0.39, 0.29) is 0 Å². The third kappa shape index (κ3) is 3.65. The van der Waals surface area contributed by atoms with Crippen molar-refractivity contribution in [2.24, 2.45) is 0 Å². The van der Waals surface area contributed by atoms with E-state index in [1.54, 1.807) is 0 Å². The van der Waals surface area contributed by atoms with Crippen LogP contribution in [-0.4, -0.2) is 11.5 Å². The maximum atomic E-state index is 4.71. The van der Waals surface area contributed by atoms with Gasteiger partial charge in [-0.25, -0.2) is 4.98 Å². The molecule has 0 amide bonds. The number of aryl methyl sites for hydroxylation is 1. The lowest BCUT2D eigenvalue weighted by Crippen LogP contribution is -2.17. The molecule has 102 valence electrons. The summed E-state index contributed by atoms with van der Waals surface area (Å²) in [6, 6.07) is 8.73. The van der Waals surface area contributed by atoms with E-state index in [4.69, 9.17) is 4.98 Å². The summed E-state index contributed by atoms with van der Waals surface area (Å²) in [6.07, 6.45) is 0.895. The number of hydrogen-bond acceptors (Lipinski definition) is 3. The van der Waals surface area contributed by atoms with E-state index in [1.807, 2.05) is 17.4 Å². The summed E-state index contributed by atoms with van der Waals surface area (Å²) >= 11 is 5.41. The third-order valence-corrected chi connectivity index (χ3v) is 5.19. The fourth-order valence-electron chi connectivity index (χ4n) is 2.15. The number of halogens is 1. The molecule has 0 saturated heterocycles. The van der Waals surface area contributed by atoms with Crippen LogP contribution in [0.3, 0.4) is 0 Å². The van der Waals surface area contributed by atoms with Crippen LogP contribution in [0.2, 0.25) is 0 Å². The van der Waals surface area contributed by atoms with Crippen LogP contribution in [0.1, 0.15) is 41.0 Å². The highest BCUT2D eigenvalue weighted by Crippen LogP contribution is 2.28. The van der Waals surface area contributed by atoms with Gasteiger partial charge in [-0.15, -0.1) is 11.3 Å². The normalized spacial score (nSPS) is 12.6. The molecule has 1 aromatic carbocycles. The van der Waals surface area contributed by atoms with Crippen molar-refractivity contribution in [3.05, 3.63) is 49.9 Å². The van der Waals surface area contributed by atoms with Crippen LogP contribution in [0.4, 0.5) is 0 Å². The molecule has 1 heterocycles. The Morgan fingerprint density at radius 2 is 2.11 bits per heavy atom. The SMILES string of the molecule is CCNC(C)c1sc(Cc2ccccc2Br)nc1C. The second kappa shape index (κ2) is 6.64. The van der Waals surface area contributed by atoms with Crippen molar-refractivity contribution in [1.29, 1.82) is 0 Å². The van der Waals surface area contributed by atoms with E-state index in [0.29, 0.717) is 6.04 Å². The number of aromatic nitrogens is 1. The van der Waals surface area contributed by atoms with Crippen LogP contribution in [0.25, 0.3) is 0 Å². The van der Waals surface area contributed by atoms with Crippen molar-refractivity contribution in [3.63, 3.8) is 0 Å². The van der Waals surface area contributed by atoms with Crippen molar-refractivity contribution in [2.45, 2.75) is 33.2 Å². The van der Waals surface area contributed by atoms with E-state index < -0.39 is 0 Å². The Morgan fingerprint density at radius 1 is 1.37 bits per heavy atom. The van der Waals surface area contributed by atoms with Crippen LogP contribution in [0.15, 0.2) is 28.7 Å². The van der Waals surface area contributed by atoms with Crippen LogP contribution >= 0.6 is 27.3 Å². The van der Waals surface area contributed by atoms with Crippen LogP contribution < -0.4 is 5.32 Å². The fraction of sp³-hybridized carbons (Fsp3) is 0.400. The molecule has 2 aromatic rings. The minimum Gasteiger partial charge on any atom is -0.310 e. The zero-order valence-corrected chi connectivity index (χ0v) is 13.9. The minimum absolute atomic E-state index is 0.385. The third-order valence-electron chi connectivity index (χ3n) is 3.08. The van der Waals surface area contributed by atoms with Crippen molar-refractivity contribution in [2.75, 3.05) is 6.54 Å². The Kier molecular flexibility index (Phi) is 5.13. The fourth-order valence-corrected chi connectivity index (χ4v) is 3.69. The average molecular weight is 339 g/mol. The second-order valence-electron chi connectivity index (χ2n) is 4.60. The maximum Gasteiger partial charge on any atom is 0.0975 e. The lowest BCUT2D eigenvalue weighted by molar-refractivity contribution is 0.603. The van der Waals surface area contributed by atoms with Gasteiger partial charge in [0.25, 0.3) is 0 Å². The van der Waals surface area contributed by atoms with Gasteiger partial charge in [0.15, 0.2) is 0 Å². The standard InChI is InChI=1S/C15H19BrN2S/c1-4-17-10(2)15-11(3)18-14(19-15)9-12-7-5-6-8-13(12)16/h5-8,10,17H,4,9H2,1-3H3. The van der Waals surface area contributed by atoms with Gasteiger partial charge in [0.2, 0.25) is 0 Å². The smallest absolute Gasteiger partial charge is 0.0975 e. The highest BCUT2D eigenvalue weighted by Gasteiger charge is 2.14. The van der Waals surface area contributed by atoms with Gasteiger partial charge in [0.1, 0.15) is 0 Å². The first kappa shape index (κ1) is 14.7. The number of nitrogens with zero attached hydrogens (tertiary/aromatic N) is 1. The van der Waals surface area contributed by atoms with Gasteiger partial charge in [0, 0.05) is 21.8 Å². The summed E-state index contributed by atoms with van der Waals surface area (Å²) in [6.45, 7) is 7.42. The summed E-state index contributed by atoms with van der Waals surface area (Å²) in [7, 11) is 0. The second-order valence-corrected chi connectivity index (χ2v) is 6.57. The lowest BCUT2D eigenvalue weighted by atomic mass is 10.2. The topological polar surface area (TPSA) is 24.9 Å². The summed E-state index contributed by atoms with van der Waals surface area (Å²) in [4.78, 5) is 6.06. The summed E-state index contributed by atoms with van der Waals surface area (Å²) in [5, 5.41) is 4.64. The molecule has 0 spiro atoms. The Morgan fingerprint density at radius 3 is 2.79 bits per heavy atom. The summed E-state index contributed by atoms with van der Waals surface area (Å²) < 4.78 is 1.16. The van der Waals surface area contributed by atoms with Crippen molar-refractivity contribution in [1.82, 2.24) is 10.3 Å². The predicted octanol–water partition coefficient (Wildman–Crippen LogP) is 4.48. The van der Waals surface area contributed by atoms with E-state index in [1.165, 1.54) is 15.4 Å². The number of hydrogen-bond donors (Lipinski definition) is 1. The summed E-state index contributed by atoms with van der Waals surface area (Å²) in [5.41, 5.74) is 2.44. The monoisotopic (exact) mass is 338 g/mol. The van der Waals surface area contributed by atoms with Gasteiger partial charge >= 0.3 is 0 Å². The van der Waals surface area contributed by atoms with E-state index in [2.05, 4.69) is 60.2 Å². The molecule has 0 aliphatic heterocycles. The molecule has 4 heteroatoms. The molecular formula is C15H19BrN2S. The Balaban J connectivity index is 2.19. The molecule has 0 aliphatic carbocycles. The van der Waals surface area contributed by atoms with Crippen LogP contribution in [0, 0.1) is 6.92 Å². The molecule has 1 unspecified atom stereocenters. The molecule has 0 bridgehead atoms. The van der Waals surface area contributed by atoms with Crippen molar-refractivity contribution in [3.8, 4) is 0 Å². The van der Waals surface area contributed by atoms with E-state index >= 15 is 0 Å². The first-order chi connectivity index (χ1) is 9.11. The molecular weight excluding hydrogens is 320 g/mol. The lowest BCUT2D eigenvalue weighted by Gasteiger charge is -2.09. The van der Waals surface area contributed by atoms with Gasteiger partial charge in [0.05, 0.1) is 10.7 Å². The van der Waals surface area contributed by atoms with Gasteiger partial charge in [-0.1, -0.05) is 41.1 Å². The van der Waals surface area contributed by atoms with Crippen LogP contribution in [0.5, 0.6) is 0 Å². The molecule has 1 N–H and O–H groups in total. The highest BCUT2D eigenvalue weighted by atomic mass is 79.9. The molecule has 0 radical (unpaired) electrons. The highest BCUT2D eigenvalue weighted by molar-refractivity contribution is 9.10. The minimum atomic E-state index is 0.385. The first-order valence-electron chi connectivity index (χ1n) is 6.54. The number of benzene rings is 1. The average Bonchev–Trinajstić information content (AvgIpc) is 2.74. The molecule has 19 heavy (non-hydrogen) atoms. The summed E-state index contributed by atoms with van der Waals surface area (Å²) in [5.74, 6) is 0. The Bertz CT molecular complexity index is 551. The van der Waals surface area contributed by atoms with Gasteiger partial charge in [-0.05, 0) is 32.0 Å². The number of nitrogens with one attached hydrogen (secondary N) is 1. The van der Waals surface area contributed by atoms with Crippen LogP contribution in [-0.2, 0) is 6.42 Å². The quantitative estimate of drug-likeness (QED) is 0.869. The molecule has 2 nitrogen and oxygen atoms in total. The zero-order chi connectivity index (χ0) is 13.8. The molecule has 2 rings (SSSR count). The molecule has 1 atom stereocenters. The van der Waals surface area contributed by atoms with Crippen molar-refractivity contribution >= 4 is 27.3 Å². The maximum absolute atomic E-state index is 4.71. The van der Waals surface area contributed by atoms with Gasteiger partial charge < -0.3 is 5.32 Å². The zero-order valence-electron chi connectivity index (χ0n) is 11.5. The van der Waals surface area contributed by atoms with E-state index in [9.17, 15) is 0 Å². The molecule has 0 fully saturated rings. The van der Waals surface area contributed by atoms with E-state index in [0.717, 1.165) is 23.1 Å². The molecule has 1 aromatic heterocycles. The first-order valence-corrected chi connectivity index (χ1v) is 8.15. The number of thiazole rings is 1. The Labute approximate surface area is 127 Å². The largest absolute Gasteiger partial charge is 0.310 e.